The van der Waals surface area contributed by atoms with Crippen LogP contribution < -0.4 is 0 Å². The zero-order valence-electron chi connectivity index (χ0n) is 6.74. The quantitative estimate of drug-likeness (QED) is 0.526. The molecule has 66 valence electrons. The van der Waals surface area contributed by atoms with Crippen LogP contribution >= 0.6 is 11.6 Å². The summed E-state index contributed by atoms with van der Waals surface area (Å²) in [5, 5.41) is 10.7. The summed E-state index contributed by atoms with van der Waals surface area (Å²) >= 11 is 5.64. The molecule has 1 aromatic rings. The van der Waals surface area contributed by atoms with E-state index in [-0.39, 0.29) is 11.1 Å². The molecule has 0 atom stereocenters. The SMILES string of the molecule is CCn1c(Cl)nc(C)c1[N+](=O)[O-]. The minimum Gasteiger partial charge on any atom is -0.358 e. The molecule has 5 nitrogen and oxygen atoms in total. The van der Waals surface area contributed by atoms with E-state index in [0.717, 1.165) is 0 Å². The Balaban J connectivity index is 3.32. The number of hydrogen-bond acceptors (Lipinski definition) is 3. The van der Waals surface area contributed by atoms with Crippen LogP contribution in [0.4, 0.5) is 5.82 Å². The molecule has 0 aliphatic rings. The number of halogens is 1. The second-order valence-electron chi connectivity index (χ2n) is 2.29. The molecule has 0 unspecified atom stereocenters. The van der Waals surface area contributed by atoms with E-state index in [0.29, 0.717) is 12.2 Å². The Bertz CT molecular complexity index is 321. The van der Waals surface area contributed by atoms with Crippen molar-refractivity contribution >= 4 is 17.4 Å². The van der Waals surface area contributed by atoms with Gasteiger partial charge in [0.2, 0.25) is 0 Å². The molecule has 0 spiro atoms. The first kappa shape index (κ1) is 8.99. The van der Waals surface area contributed by atoms with Crippen molar-refractivity contribution in [3.8, 4) is 0 Å². The maximum atomic E-state index is 10.5. The molecule has 0 radical (unpaired) electrons. The Kier molecular flexibility index (Phi) is 2.32. The van der Waals surface area contributed by atoms with E-state index < -0.39 is 4.92 Å². The number of imidazole rings is 1. The normalized spacial score (nSPS) is 10.2. The minimum absolute atomic E-state index is 0.0255. The highest BCUT2D eigenvalue weighted by Gasteiger charge is 2.21. The van der Waals surface area contributed by atoms with Crippen LogP contribution in [0.25, 0.3) is 0 Å². The van der Waals surface area contributed by atoms with Crippen LogP contribution in [0, 0.1) is 17.0 Å². The number of hydrogen-bond donors (Lipinski definition) is 0. The van der Waals surface area contributed by atoms with Crippen LogP contribution in [0.2, 0.25) is 5.28 Å². The highest BCUT2D eigenvalue weighted by atomic mass is 35.5. The standard InChI is InChI=1S/C6H8ClN3O2/c1-3-9-5(10(11)12)4(2)8-6(9)7/h3H2,1-2H3. The molecule has 0 fully saturated rings. The largest absolute Gasteiger partial charge is 0.358 e. The first-order chi connectivity index (χ1) is 5.57. The monoisotopic (exact) mass is 189 g/mol. The lowest BCUT2D eigenvalue weighted by molar-refractivity contribution is -0.392. The predicted molar refractivity (Wildman–Crippen MR) is 44.3 cm³/mol. The van der Waals surface area contributed by atoms with Gasteiger partial charge in [0.1, 0.15) is 5.69 Å². The highest BCUT2D eigenvalue weighted by Crippen LogP contribution is 2.22. The second-order valence-corrected chi connectivity index (χ2v) is 2.63. The molecule has 6 heteroatoms. The summed E-state index contributed by atoms with van der Waals surface area (Å²) in [6, 6.07) is 0. The van der Waals surface area contributed by atoms with Gasteiger partial charge in [0.25, 0.3) is 5.28 Å². The van der Waals surface area contributed by atoms with Gasteiger partial charge < -0.3 is 10.1 Å². The van der Waals surface area contributed by atoms with Gasteiger partial charge in [-0.3, -0.25) is 0 Å². The lowest BCUT2D eigenvalue weighted by atomic mass is 10.5. The Hall–Kier alpha value is -1.10. The number of nitro groups is 1. The molecular weight excluding hydrogens is 182 g/mol. The molecule has 0 aliphatic carbocycles. The van der Waals surface area contributed by atoms with E-state index in [4.69, 9.17) is 11.6 Å². The molecule has 0 aromatic carbocycles. The highest BCUT2D eigenvalue weighted by molar-refractivity contribution is 6.28. The van der Waals surface area contributed by atoms with Crippen molar-refractivity contribution in [1.82, 2.24) is 9.55 Å². The number of nitrogens with zero attached hydrogens (tertiary/aromatic N) is 3. The maximum Gasteiger partial charge on any atom is 0.346 e. The van der Waals surface area contributed by atoms with E-state index in [1.54, 1.807) is 13.8 Å². The number of aromatic nitrogens is 2. The van der Waals surface area contributed by atoms with Gasteiger partial charge >= 0.3 is 5.82 Å². The summed E-state index contributed by atoms with van der Waals surface area (Å²) in [5.74, 6) is -0.0255. The Morgan fingerprint density at radius 2 is 2.33 bits per heavy atom. The molecule has 0 saturated heterocycles. The van der Waals surface area contributed by atoms with Crippen molar-refractivity contribution in [3.63, 3.8) is 0 Å². The molecule has 0 amide bonds. The molecule has 0 bridgehead atoms. The Morgan fingerprint density at radius 3 is 2.67 bits per heavy atom. The summed E-state index contributed by atoms with van der Waals surface area (Å²) in [5.41, 5.74) is 0.354. The van der Waals surface area contributed by atoms with Gasteiger partial charge in [-0.05, 0) is 30.4 Å². The number of aryl methyl sites for hydroxylation is 1. The predicted octanol–water partition coefficient (Wildman–Crippen LogP) is 1.77. The van der Waals surface area contributed by atoms with Crippen LogP contribution in [0.15, 0.2) is 0 Å². The molecule has 0 N–H and O–H groups in total. The minimum atomic E-state index is -0.474. The van der Waals surface area contributed by atoms with Gasteiger partial charge in [-0.2, -0.15) is 9.55 Å². The fraction of sp³-hybridized carbons (Fsp3) is 0.500. The van der Waals surface area contributed by atoms with E-state index >= 15 is 0 Å². The van der Waals surface area contributed by atoms with E-state index in [2.05, 4.69) is 4.98 Å². The third-order valence-corrected chi connectivity index (χ3v) is 1.84. The van der Waals surface area contributed by atoms with E-state index in [9.17, 15) is 10.1 Å². The van der Waals surface area contributed by atoms with E-state index in [1.165, 1.54) is 4.57 Å². The van der Waals surface area contributed by atoms with Crippen LogP contribution in [0.5, 0.6) is 0 Å². The molecule has 1 rings (SSSR count). The number of rotatable bonds is 2. The zero-order valence-corrected chi connectivity index (χ0v) is 7.50. The fourth-order valence-electron chi connectivity index (χ4n) is 1.04. The van der Waals surface area contributed by atoms with Crippen molar-refractivity contribution < 1.29 is 4.92 Å². The summed E-state index contributed by atoms with van der Waals surface area (Å²) in [7, 11) is 0. The third kappa shape index (κ3) is 1.27. The first-order valence-electron chi connectivity index (χ1n) is 3.45. The molecule has 0 saturated carbocycles. The van der Waals surface area contributed by atoms with Crippen LogP contribution in [0.3, 0.4) is 0 Å². The lowest BCUT2D eigenvalue weighted by Gasteiger charge is -1.97. The lowest BCUT2D eigenvalue weighted by Crippen LogP contribution is -2.01. The average molecular weight is 190 g/mol. The van der Waals surface area contributed by atoms with Crippen molar-refractivity contribution in [1.29, 1.82) is 0 Å². The summed E-state index contributed by atoms with van der Waals surface area (Å²) < 4.78 is 1.36. The van der Waals surface area contributed by atoms with Gasteiger partial charge in [0.05, 0.1) is 6.54 Å². The van der Waals surface area contributed by atoms with Gasteiger partial charge in [0, 0.05) is 0 Å². The summed E-state index contributed by atoms with van der Waals surface area (Å²) in [6.45, 7) is 3.80. The molecular formula is C6H8ClN3O2. The maximum absolute atomic E-state index is 10.5. The van der Waals surface area contributed by atoms with Crippen molar-refractivity contribution in [2.45, 2.75) is 20.4 Å². The molecule has 1 aromatic heterocycles. The van der Waals surface area contributed by atoms with E-state index in [1.807, 2.05) is 0 Å². The first-order valence-corrected chi connectivity index (χ1v) is 3.82. The van der Waals surface area contributed by atoms with Crippen LogP contribution in [-0.4, -0.2) is 14.5 Å². The molecule has 12 heavy (non-hydrogen) atoms. The van der Waals surface area contributed by atoms with Crippen molar-refractivity contribution in [2.75, 3.05) is 0 Å². The second kappa shape index (κ2) is 3.10. The average Bonchev–Trinajstić information content (AvgIpc) is 2.24. The van der Waals surface area contributed by atoms with Gasteiger partial charge in [-0.1, -0.05) is 0 Å². The van der Waals surface area contributed by atoms with Gasteiger partial charge in [-0.15, -0.1) is 0 Å². The zero-order chi connectivity index (χ0) is 9.30. The topological polar surface area (TPSA) is 61.0 Å². The van der Waals surface area contributed by atoms with Crippen molar-refractivity contribution in [2.24, 2.45) is 0 Å². The van der Waals surface area contributed by atoms with Gasteiger partial charge in [0.15, 0.2) is 0 Å². The van der Waals surface area contributed by atoms with Crippen LogP contribution in [-0.2, 0) is 6.54 Å². The molecule has 0 aliphatic heterocycles. The molecule has 1 heterocycles. The fourth-order valence-corrected chi connectivity index (χ4v) is 1.37. The van der Waals surface area contributed by atoms with Crippen molar-refractivity contribution in [3.05, 3.63) is 21.1 Å². The Morgan fingerprint density at radius 1 is 1.75 bits per heavy atom. The van der Waals surface area contributed by atoms with Gasteiger partial charge in [-0.25, -0.2) is 0 Å². The third-order valence-electron chi connectivity index (χ3n) is 1.55. The van der Waals surface area contributed by atoms with Crippen LogP contribution in [0.1, 0.15) is 12.6 Å². The summed E-state index contributed by atoms with van der Waals surface area (Å²) in [6.07, 6.45) is 0. The summed E-state index contributed by atoms with van der Waals surface area (Å²) in [4.78, 5) is 13.8. The smallest absolute Gasteiger partial charge is 0.346 e. The Labute approximate surface area is 74.1 Å².